The molecule has 0 bridgehead atoms. The molecule has 0 aliphatic carbocycles. The normalized spacial score (nSPS) is 11.5. The zero-order chi connectivity index (χ0) is 20.1. The number of hydrogen-bond donors (Lipinski definition) is 3. The fourth-order valence-electron chi connectivity index (χ4n) is 3.34. The summed E-state index contributed by atoms with van der Waals surface area (Å²) in [5.41, 5.74) is 12.4. The third kappa shape index (κ3) is 4.69. The Balaban J connectivity index is 1.64. The number of H-pyrrole nitrogens is 1. The van der Waals surface area contributed by atoms with Crippen LogP contribution in [0, 0.1) is 10.8 Å². The SMILES string of the molecule is CCC(C)(C)Cc1cnc(CCc2ccc(-c3cccc(C=N)c3N)cc2)[nH]1. The van der Waals surface area contributed by atoms with Crippen LogP contribution < -0.4 is 5.73 Å². The van der Waals surface area contributed by atoms with Crippen molar-refractivity contribution in [2.45, 2.75) is 46.5 Å². The first-order valence-electron chi connectivity index (χ1n) is 9.93. The summed E-state index contributed by atoms with van der Waals surface area (Å²) in [6.45, 7) is 6.81. The highest BCUT2D eigenvalue weighted by molar-refractivity contribution is 5.92. The van der Waals surface area contributed by atoms with Gasteiger partial charge in [0.2, 0.25) is 0 Å². The minimum absolute atomic E-state index is 0.302. The van der Waals surface area contributed by atoms with Gasteiger partial charge in [0.05, 0.1) is 0 Å². The van der Waals surface area contributed by atoms with Gasteiger partial charge in [-0.15, -0.1) is 0 Å². The van der Waals surface area contributed by atoms with E-state index in [-0.39, 0.29) is 0 Å². The fraction of sp³-hybridized carbons (Fsp3) is 0.333. The van der Waals surface area contributed by atoms with E-state index in [0.717, 1.165) is 48.2 Å². The second-order valence-electron chi connectivity index (χ2n) is 8.20. The number of hydrogen-bond acceptors (Lipinski definition) is 3. The van der Waals surface area contributed by atoms with Crippen LogP contribution >= 0.6 is 0 Å². The first-order chi connectivity index (χ1) is 13.4. The minimum atomic E-state index is 0.302. The number of benzene rings is 2. The number of imidazole rings is 1. The van der Waals surface area contributed by atoms with E-state index < -0.39 is 0 Å². The first kappa shape index (κ1) is 19.9. The molecule has 28 heavy (non-hydrogen) atoms. The molecule has 0 fully saturated rings. The maximum absolute atomic E-state index is 7.46. The molecule has 0 spiro atoms. The number of nitrogens with zero attached hydrogens (tertiary/aromatic N) is 1. The Morgan fingerprint density at radius 2 is 1.86 bits per heavy atom. The predicted molar refractivity (Wildman–Crippen MR) is 118 cm³/mol. The second kappa shape index (κ2) is 8.42. The Hall–Kier alpha value is -2.88. The Morgan fingerprint density at radius 1 is 1.11 bits per heavy atom. The van der Waals surface area contributed by atoms with E-state index >= 15 is 0 Å². The van der Waals surface area contributed by atoms with Gasteiger partial charge in [-0.2, -0.15) is 0 Å². The van der Waals surface area contributed by atoms with Crippen LogP contribution in [0.5, 0.6) is 0 Å². The van der Waals surface area contributed by atoms with Gasteiger partial charge in [0.1, 0.15) is 5.82 Å². The van der Waals surface area contributed by atoms with Crippen LogP contribution in [-0.4, -0.2) is 16.2 Å². The average Bonchev–Trinajstić information content (AvgIpc) is 3.13. The standard InChI is InChI=1S/C24H30N4/c1-4-24(2,3)14-20-16-27-22(28-20)13-10-17-8-11-18(12-9-17)21-7-5-6-19(15-25)23(21)26/h5-9,11-12,15-16,25H,4,10,13-14,26H2,1-3H3,(H,27,28). The summed E-state index contributed by atoms with van der Waals surface area (Å²) in [5, 5.41) is 7.46. The monoisotopic (exact) mass is 374 g/mol. The third-order valence-electron chi connectivity index (χ3n) is 5.52. The molecule has 1 aromatic heterocycles. The zero-order valence-corrected chi connectivity index (χ0v) is 17.0. The van der Waals surface area contributed by atoms with Crippen molar-refractivity contribution in [1.82, 2.24) is 9.97 Å². The molecule has 3 aromatic rings. The summed E-state index contributed by atoms with van der Waals surface area (Å²) in [4.78, 5) is 8.03. The molecule has 2 aromatic carbocycles. The molecule has 1 heterocycles. The van der Waals surface area contributed by atoms with Crippen molar-refractivity contribution in [3.05, 3.63) is 71.3 Å². The van der Waals surface area contributed by atoms with E-state index in [2.05, 4.69) is 55.0 Å². The molecule has 0 aliphatic heterocycles. The summed E-state index contributed by atoms with van der Waals surface area (Å²) in [6.07, 6.45) is 7.31. The van der Waals surface area contributed by atoms with Crippen molar-refractivity contribution in [3.63, 3.8) is 0 Å². The lowest BCUT2D eigenvalue weighted by molar-refractivity contribution is 0.346. The topological polar surface area (TPSA) is 78.6 Å². The molecule has 0 aliphatic rings. The van der Waals surface area contributed by atoms with Gasteiger partial charge in [-0.1, -0.05) is 69.7 Å². The van der Waals surface area contributed by atoms with Gasteiger partial charge < -0.3 is 16.1 Å². The maximum atomic E-state index is 7.46. The summed E-state index contributed by atoms with van der Waals surface area (Å²) >= 11 is 0. The largest absolute Gasteiger partial charge is 0.398 e. The van der Waals surface area contributed by atoms with E-state index in [1.807, 2.05) is 24.4 Å². The van der Waals surface area contributed by atoms with Crippen molar-refractivity contribution in [2.24, 2.45) is 5.41 Å². The average molecular weight is 375 g/mol. The number of anilines is 1. The lowest BCUT2D eigenvalue weighted by atomic mass is 9.85. The van der Waals surface area contributed by atoms with Crippen LogP contribution in [0.1, 0.15) is 49.8 Å². The highest BCUT2D eigenvalue weighted by Gasteiger charge is 2.17. The highest BCUT2D eigenvalue weighted by atomic mass is 14.9. The summed E-state index contributed by atoms with van der Waals surface area (Å²) in [6, 6.07) is 14.3. The number of nitrogen functional groups attached to an aromatic ring is 1. The molecule has 0 atom stereocenters. The number of aromatic nitrogens is 2. The highest BCUT2D eigenvalue weighted by Crippen LogP contribution is 2.28. The van der Waals surface area contributed by atoms with E-state index in [9.17, 15) is 0 Å². The molecule has 4 nitrogen and oxygen atoms in total. The van der Waals surface area contributed by atoms with E-state index in [1.165, 1.54) is 17.5 Å². The number of nitrogens with two attached hydrogens (primary N) is 1. The molecule has 0 radical (unpaired) electrons. The van der Waals surface area contributed by atoms with Gasteiger partial charge in [0.25, 0.3) is 0 Å². The van der Waals surface area contributed by atoms with Crippen LogP contribution in [0.4, 0.5) is 5.69 Å². The molecular weight excluding hydrogens is 344 g/mol. The minimum Gasteiger partial charge on any atom is -0.398 e. The van der Waals surface area contributed by atoms with Crippen molar-refractivity contribution in [1.29, 1.82) is 5.41 Å². The molecule has 0 unspecified atom stereocenters. The fourth-order valence-corrected chi connectivity index (χ4v) is 3.34. The van der Waals surface area contributed by atoms with Crippen LogP contribution in [0.2, 0.25) is 0 Å². The maximum Gasteiger partial charge on any atom is 0.106 e. The lowest BCUT2D eigenvalue weighted by Gasteiger charge is -2.21. The first-order valence-corrected chi connectivity index (χ1v) is 9.93. The van der Waals surface area contributed by atoms with Gasteiger partial charge in [-0.3, -0.25) is 0 Å². The van der Waals surface area contributed by atoms with Gasteiger partial charge in [0, 0.05) is 41.3 Å². The van der Waals surface area contributed by atoms with Gasteiger partial charge in [-0.25, -0.2) is 4.98 Å². The number of rotatable bonds is 8. The molecule has 146 valence electrons. The van der Waals surface area contributed by atoms with Crippen LogP contribution in [0.15, 0.2) is 48.7 Å². The van der Waals surface area contributed by atoms with Gasteiger partial charge >= 0.3 is 0 Å². The molecule has 4 heteroatoms. The van der Waals surface area contributed by atoms with E-state index in [4.69, 9.17) is 11.1 Å². The number of aromatic amines is 1. The summed E-state index contributed by atoms with van der Waals surface area (Å²) < 4.78 is 0. The second-order valence-corrected chi connectivity index (χ2v) is 8.20. The molecule has 0 saturated carbocycles. The lowest BCUT2D eigenvalue weighted by Crippen LogP contribution is -2.13. The van der Waals surface area contributed by atoms with Crippen molar-refractivity contribution < 1.29 is 0 Å². The Kier molecular flexibility index (Phi) is 5.98. The van der Waals surface area contributed by atoms with Gasteiger partial charge in [-0.05, 0) is 29.4 Å². The van der Waals surface area contributed by atoms with Crippen LogP contribution in [-0.2, 0) is 19.3 Å². The molecule has 3 rings (SSSR count). The Labute approximate surface area is 167 Å². The van der Waals surface area contributed by atoms with E-state index in [0.29, 0.717) is 11.1 Å². The smallest absolute Gasteiger partial charge is 0.106 e. The predicted octanol–water partition coefficient (Wildman–Crippen LogP) is 5.42. The third-order valence-corrected chi connectivity index (χ3v) is 5.52. The number of para-hydroxylation sites is 1. The van der Waals surface area contributed by atoms with Crippen LogP contribution in [0.25, 0.3) is 11.1 Å². The van der Waals surface area contributed by atoms with Crippen LogP contribution in [0.3, 0.4) is 0 Å². The quantitative estimate of drug-likeness (QED) is 0.363. The number of nitrogens with one attached hydrogen (secondary N) is 2. The Bertz CT molecular complexity index is 935. The number of aryl methyl sites for hydroxylation is 2. The van der Waals surface area contributed by atoms with Crippen molar-refractivity contribution >= 4 is 11.9 Å². The van der Waals surface area contributed by atoms with Crippen molar-refractivity contribution in [2.75, 3.05) is 5.73 Å². The summed E-state index contributed by atoms with van der Waals surface area (Å²) in [7, 11) is 0. The molecule has 4 N–H and O–H groups in total. The molecular formula is C24H30N4. The molecule has 0 amide bonds. The Morgan fingerprint density at radius 3 is 2.54 bits per heavy atom. The van der Waals surface area contributed by atoms with E-state index in [1.54, 1.807) is 0 Å². The zero-order valence-electron chi connectivity index (χ0n) is 17.0. The van der Waals surface area contributed by atoms with Gasteiger partial charge in [0.15, 0.2) is 0 Å². The van der Waals surface area contributed by atoms with Crippen molar-refractivity contribution in [3.8, 4) is 11.1 Å². The summed E-state index contributed by atoms with van der Waals surface area (Å²) in [5.74, 6) is 1.05. The molecule has 0 saturated heterocycles.